The van der Waals surface area contributed by atoms with Crippen LogP contribution in [0.3, 0.4) is 0 Å². The normalized spacial score (nSPS) is 9.93. The summed E-state index contributed by atoms with van der Waals surface area (Å²) in [5, 5.41) is 3.17. The molecule has 0 atom stereocenters. The van der Waals surface area contributed by atoms with Gasteiger partial charge in [-0.1, -0.05) is 0 Å². The third-order valence-corrected chi connectivity index (χ3v) is 2.41. The fraction of sp³-hybridized carbons (Fsp3) is 0.111. The second kappa shape index (κ2) is 4.14. The molecule has 0 radical (unpaired) electrons. The Morgan fingerprint density at radius 1 is 1.40 bits per heavy atom. The number of carbonyl (C=O) groups is 1. The fourth-order valence-electron chi connectivity index (χ4n) is 1.02. The van der Waals surface area contributed by atoms with Crippen molar-refractivity contribution in [2.45, 2.75) is 6.92 Å². The minimum atomic E-state index is -0.200. The minimum Gasteiger partial charge on any atom is -0.297 e. The molecule has 0 aliphatic carbocycles. The van der Waals surface area contributed by atoms with Crippen molar-refractivity contribution in [1.82, 2.24) is 14.3 Å². The van der Waals surface area contributed by atoms with Crippen LogP contribution in [0.5, 0.6) is 0 Å². The number of pyridine rings is 1. The topological polar surface area (TPSA) is 67.8 Å². The molecule has 0 aromatic carbocycles. The van der Waals surface area contributed by atoms with E-state index in [1.54, 1.807) is 31.5 Å². The first-order valence-electron chi connectivity index (χ1n) is 4.27. The van der Waals surface area contributed by atoms with Gasteiger partial charge in [-0.2, -0.15) is 4.37 Å². The Morgan fingerprint density at radius 2 is 2.13 bits per heavy atom. The number of carbonyl (C=O) groups excluding carboxylic acids is 1. The molecular weight excluding hydrogens is 212 g/mol. The average Bonchev–Trinajstić information content (AvgIpc) is 2.65. The van der Waals surface area contributed by atoms with Crippen LogP contribution in [0.1, 0.15) is 16.2 Å². The van der Waals surface area contributed by atoms with Crippen LogP contribution in [0.2, 0.25) is 0 Å². The Labute approximate surface area is 90.4 Å². The summed E-state index contributed by atoms with van der Waals surface area (Å²) in [6.45, 7) is 1.78. The smallest absolute Gasteiger partial charge is 0.257 e. The zero-order chi connectivity index (χ0) is 10.7. The summed E-state index contributed by atoms with van der Waals surface area (Å²) in [6.07, 6.45) is 3.14. The second-order valence-corrected chi connectivity index (χ2v) is 3.59. The van der Waals surface area contributed by atoms with E-state index in [9.17, 15) is 4.79 Å². The number of rotatable bonds is 2. The first-order valence-corrected chi connectivity index (χ1v) is 5.05. The van der Waals surface area contributed by atoms with Crippen LogP contribution < -0.4 is 5.32 Å². The van der Waals surface area contributed by atoms with Crippen molar-refractivity contribution in [2.24, 2.45) is 0 Å². The molecule has 5 nitrogen and oxygen atoms in total. The number of nitrogens with one attached hydrogen (secondary N) is 1. The molecule has 0 unspecified atom stereocenters. The first kappa shape index (κ1) is 9.72. The molecule has 76 valence electrons. The summed E-state index contributed by atoms with van der Waals surface area (Å²) in [5.74, 6) is 0.457. The van der Waals surface area contributed by atoms with Crippen molar-refractivity contribution in [3.8, 4) is 0 Å². The van der Waals surface area contributed by atoms with Gasteiger partial charge < -0.3 is 0 Å². The van der Waals surface area contributed by atoms with Gasteiger partial charge >= 0.3 is 0 Å². The number of nitrogens with zero attached hydrogens (tertiary/aromatic N) is 3. The monoisotopic (exact) mass is 220 g/mol. The molecule has 0 bridgehead atoms. The highest BCUT2D eigenvalue weighted by Gasteiger charge is 2.07. The van der Waals surface area contributed by atoms with Crippen molar-refractivity contribution >= 4 is 22.6 Å². The van der Waals surface area contributed by atoms with Gasteiger partial charge in [-0.3, -0.25) is 15.1 Å². The number of hydrogen-bond donors (Lipinski definition) is 1. The number of aryl methyl sites for hydroxylation is 1. The van der Waals surface area contributed by atoms with E-state index in [0.717, 1.165) is 11.5 Å². The molecule has 0 aliphatic rings. The van der Waals surface area contributed by atoms with Crippen molar-refractivity contribution in [3.05, 3.63) is 35.9 Å². The van der Waals surface area contributed by atoms with Gasteiger partial charge in [0.25, 0.3) is 5.91 Å². The number of hydrogen-bond acceptors (Lipinski definition) is 5. The lowest BCUT2D eigenvalue weighted by Crippen LogP contribution is -2.11. The van der Waals surface area contributed by atoms with E-state index in [0.29, 0.717) is 16.5 Å². The molecule has 0 saturated heterocycles. The van der Waals surface area contributed by atoms with Gasteiger partial charge in [-0.15, -0.1) is 0 Å². The van der Waals surface area contributed by atoms with Crippen molar-refractivity contribution < 1.29 is 4.79 Å². The maximum Gasteiger partial charge on any atom is 0.257 e. The summed E-state index contributed by atoms with van der Waals surface area (Å²) < 4.78 is 3.97. The molecule has 2 aromatic rings. The van der Waals surface area contributed by atoms with Gasteiger partial charge in [-0.25, -0.2) is 4.98 Å². The van der Waals surface area contributed by atoms with E-state index in [4.69, 9.17) is 0 Å². The summed E-state index contributed by atoms with van der Waals surface area (Å²) in [4.78, 5) is 19.5. The second-order valence-electron chi connectivity index (χ2n) is 2.84. The predicted molar refractivity (Wildman–Crippen MR) is 56.8 cm³/mol. The van der Waals surface area contributed by atoms with Gasteiger partial charge in [0.1, 0.15) is 5.82 Å². The lowest BCUT2D eigenvalue weighted by atomic mass is 10.2. The van der Waals surface area contributed by atoms with E-state index in [1.165, 1.54) is 0 Å². The molecule has 0 saturated carbocycles. The van der Waals surface area contributed by atoms with E-state index >= 15 is 0 Å². The number of anilines is 1. The lowest BCUT2D eigenvalue weighted by molar-refractivity contribution is 0.102. The van der Waals surface area contributed by atoms with Gasteiger partial charge in [0.2, 0.25) is 5.13 Å². The minimum absolute atomic E-state index is 0.200. The van der Waals surface area contributed by atoms with Crippen LogP contribution in [0, 0.1) is 6.92 Å². The van der Waals surface area contributed by atoms with Gasteiger partial charge in [-0.05, 0) is 19.1 Å². The third kappa shape index (κ3) is 2.35. The zero-order valence-corrected chi connectivity index (χ0v) is 8.78. The van der Waals surface area contributed by atoms with E-state index in [1.807, 2.05) is 0 Å². The van der Waals surface area contributed by atoms with Crippen LogP contribution in [-0.2, 0) is 0 Å². The van der Waals surface area contributed by atoms with E-state index in [-0.39, 0.29) is 5.91 Å². The summed E-state index contributed by atoms with van der Waals surface area (Å²) >= 11 is 1.16. The molecule has 0 spiro atoms. The highest BCUT2D eigenvalue weighted by molar-refractivity contribution is 7.09. The van der Waals surface area contributed by atoms with Crippen LogP contribution in [-0.4, -0.2) is 20.2 Å². The van der Waals surface area contributed by atoms with Crippen LogP contribution in [0.4, 0.5) is 5.13 Å². The molecular formula is C9H8N4OS. The van der Waals surface area contributed by atoms with Gasteiger partial charge in [0.05, 0.1) is 0 Å². The highest BCUT2D eigenvalue weighted by atomic mass is 32.1. The Hall–Kier alpha value is -1.82. The van der Waals surface area contributed by atoms with Crippen LogP contribution >= 0.6 is 11.5 Å². The number of aromatic nitrogens is 3. The number of amides is 1. The molecule has 2 aromatic heterocycles. The lowest BCUT2D eigenvalue weighted by Gasteiger charge is -1.99. The molecule has 0 aliphatic heterocycles. The van der Waals surface area contributed by atoms with Crippen molar-refractivity contribution in [3.63, 3.8) is 0 Å². The molecule has 15 heavy (non-hydrogen) atoms. The molecule has 1 N–H and O–H groups in total. The van der Waals surface area contributed by atoms with Gasteiger partial charge in [0.15, 0.2) is 0 Å². The fourth-order valence-corrected chi connectivity index (χ4v) is 1.59. The molecule has 2 heterocycles. The maximum atomic E-state index is 11.6. The van der Waals surface area contributed by atoms with Crippen LogP contribution in [0.15, 0.2) is 24.5 Å². The molecule has 1 amide bonds. The Balaban J connectivity index is 2.11. The first-order chi connectivity index (χ1) is 7.25. The van der Waals surface area contributed by atoms with E-state index < -0.39 is 0 Å². The Kier molecular flexibility index (Phi) is 2.68. The molecule has 0 fully saturated rings. The quantitative estimate of drug-likeness (QED) is 0.832. The SMILES string of the molecule is Cc1nsc(NC(=O)c2ccncc2)n1. The van der Waals surface area contributed by atoms with Crippen LogP contribution in [0.25, 0.3) is 0 Å². The largest absolute Gasteiger partial charge is 0.297 e. The molecule has 2 rings (SSSR count). The van der Waals surface area contributed by atoms with Gasteiger partial charge in [0, 0.05) is 29.5 Å². The van der Waals surface area contributed by atoms with E-state index in [2.05, 4.69) is 19.7 Å². The highest BCUT2D eigenvalue weighted by Crippen LogP contribution is 2.11. The summed E-state index contributed by atoms with van der Waals surface area (Å²) in [7, 11) is 0. The zero-order valence-electron chi connectivity index (χ0n) is 7.97. The van der Waals surface area contributed by atoms with Crippen molar-refractivity contribution in [1.29, 1.82) is 0 Å². The average molecular weight is 220 g/mol. The predicted octanol–water partition coefficient (Wildman–Crippen LogP) is 1.49. The Bertz CT molecular complexity index is 468. The third-order valence-electron chi connectivity index (χ3n) is 1.69. The standard InChI is InChI=1S/C9H8N4OS/c1-6-11-9(15-13-6)12-8(14)7-2-4-10-5-3-7/h2-5H,1H3,(H,11,12,13,14). The molecule has 6 heteroatoms. The van der Waals surface area contributed by atoms with Crippen molar-refractivity contribution in [2.75, 3.05) is 5.32 Å². The summed E-state index contributed by atoms with van der Waals surface area (Å²) in [6, 6.07) is 3.28. The maximum absolute atomic E-state index is 11.6. The Morgan fingerprint density at radius 3 is 2.73 bits per heavy atom. The summed E-state index contributed by atoms with van der Waals surface area (Å²) in [5.41, 5.74) is 0.554.